The van der Waals surface area contributed by atoms with Crippen molar-refractivity contribution in [1.82, 2.24) is 4.37 Å². The molecule has 0 aromatic carbocycles. The molecule has 0 aliphatic heterocycles. The second kappa shape index (κ2) is 2.56. The topological polar surface area (TPSA) is 12.9 Å². The Balaban J connectivity index is 3.04. The first-order chi connectivity index (χ1) is 4.25. The summed E-state index contributed by atoms with van der Waals surface area (Å²) >= 11 is 1.63. The van der Waals surface area contributed by atoms with Crippen LogP contribution >= 0.6 is 11.5 Å². The molecule has 9 heavy (non-hydrogen) atoms. The van der Waals surface area contributed by atoms with Crippen LogP contribution in [0.4, 0.5) is 0 Å². The largest absolute Gasteiger partial charge is 0.209 e. The first kappa shape index (κ1) is 6.87. The van der Waals surface area contributed by atoms with Gasteiger partial charge in [-0.1, -0.05) is 12.4 Å². The first-order valence-corrected chi connectivity index (χ1v) is 3.94. The van der Waals surface area contributed by atoms with Crippen LogP contribution < -0.4 is 11.1 Å². The van der Waals surface area contributed by atoms with E-state index < -0.39 is 0 Å². The molecule has 1 rings (SSSR count). The van der Waals surface area contributed by atoms with Gasteiger partial charge in [0, 0.05) is 10.5 Å². The van der Waals surface area contributed by atoms with Crippen molar-refractivity contribution < 1.29 is 0 Å². The highest BCUT2D eigenvalue weighted by atomic mass is 32.1. The van der Waals surface area contributed by atoms with Gasteiger partial charge >= 0.3 is 0 Å². The summed E-state index contributed by atoms with van der Waals surface area (Å²) in [5.41, 5.74) is 2.57. The molecule has 0 saturated heterocycles. The van der Waals surface area contributed by atoms with Crippen molar-refractivity contribution in [2.45, 2.75) is 13.3 Å². The Hall–Kier alpha value is -0.240. The fourth-order valence-electron chi connectivity index (χ4n) is 0.792. The molecule has 0 aliphatic rings. The molecule has 0 spiro atoms. The Labute approximate surface area is 61.5 Å². The maximum atomic E-state index is 4.23. The summed E-state index contributed by atoms with van der Waals surface area (Å²) in [6.45, 7) is 2.17. The maximum Gasteiger partial charge on any atom is 0.164 e. The van der Waals surface area contributed by atoms with Crippen molar-refractivity contribution >= 4 is 38.3 Å². The van der Waals surface area contributed by atoms with E-state index in [0.717, 1.165) is 6.42 Å². The molecule has 1 heterocycles. The highest BCUT2D eigenvalue weighted by Crippen LogP contribution is 1.98. The van der Waals surface area contributed by atoms with E-state index in [0.29, 0.717) is 0 Å². The van der Waals surface area contributed by atoms with Gasteiger partial charge in [0.15, 0.2) is 7.85 Å². The molecule has 0 bridgehead atoms. The second-order valence-electron chi connectivity index (χ2n) is 2.17. The summed E-state index contributed by atoms with van der Waals surface area (Å²) < 4.78 is 4.23. The fourth-order valence-corrected chi connectivity index (χ4v) is 1.59. The Kier molecular flexibility index (Phi) is 1.96. The summed E-state index contributed by atoms with van der Waals surface area (Å²) in [6.07, 6.45) is 1.12. The van der Waals surface area contributed by atoms with Crippen molar-refractivity contribution in [2.24, 2.45) is 0 Å². The Bertz CT molecular complexity index is 209. The summed E-state index contributed by atoms with van der Waals surface area (Å²) in [5.74, 6) is 0. The molecule has 4 heteroatoms. The predicted molar refractivity (Wildman–Crippen MR) is 47.8 cm³/mol. The van der Waals surface area contributed by atoms with E-state index in [-0.39, 0.29) is 0 Å². The molecule has 1 aromatic heterocycles. The van der Waals surface area contributed by atoms with Crippen LogP contribution in [0.1, 0.15) is 11.8 Å². The van der Waals surface area contributed by atoms with Gasteiger partial charge in [-0.2, -0.15) is 0 Å². The molecule has 0 unspecified atom stereocenters. The van der Waals surface area contributed by atoms with Gasteiger partial charge in [-0.05, 0) is 18.0 Å². The van der Waals surface area contributed by atoms with Crippen molar-refractivity contribution in [3.05, 3.63) is 4.88 Å². The van der Waals surface area contributed by atoms with Crippen molar-refractivity contribution in [3.63, 3.8) is 0 Å². The van der Waals surface area contributed by atoms with Crippen LogP contribution in [0.3, 0.4) is 0 Å². The zero-order chi connectivity index (χ0) is 6.85. The molecule has 0 amide bonds. The van der Waals surface area contributed by atoms with Gasteiger partial charge in [0.1, 0.15) is 7.85 Å². The van der Waals surface area contributed by atoms with E-state index in [1.54, 1.807) is 11.5 Å². The summed E-state index contributed by atoms with van der Waals surface area (Å²) in [4.78, 5) is 1.42. The second-order valence-corrected chi connectivity index (χ2v) is 3.03. The van der Waals surface area contributed by atoms with Gasteiger partial charge in [-0.25, -0.2) is 4.37 Å². The van der Waals surface area contributed by atoms with Crippen LogP contribution in [0.5, 0.6) is 0 Å². The molecule has 0 saturated carbocycles. The minimum absolute atomic E-state index is 1.12. The minimum atomic E-state index is 1.12. The molecule has 0 fully saturated rings. The van der Waals surface area contributed by atoms with Gasteiger partial charge in [-0.15, -0.1) is 0 Å². The first-order valence-electron chi connectivity index (χ1n) is 3.17. The number of hydrogen-bond donors (Lipinski definition) is 0. The van der Waals surface area contributed by atoms with Crippen LogP contribution in [0, 0.1) is 0 Å². The lowest BCUT2D eigenvalue weighted by Crippen LogP contribution is -2.25. The van der Waals surface area contributed by atoms with Gasteiger partial charge in [-0.3, -0.25) is 0 Å². The number of hydrogen-bond acceptors (Lipinski definition) is 2. The van der Waals surface area contributed by atoms with Gasteiger partial charge in [0.25, 0.3) is 0 Å². The molecule has 1 aromatic rings. The molecular weight excluding hydrogens is 128 g/mol. The van der Waals surface area contributed by atoms with Crippen LogP contribution in [0.15, 0.2) is 0 Å². The lowest BCUT2D eigenvalue weighted by Gasteiger charge is -1.89. The third-order valence-electron chi connectivity index (χ3n) is 1.57. The lowest BCUT2D eigenvalue weighted by molar-refractivity contribution is 1.20. The fraction of sp³-hybridized carbons (Fsp3) is 0.400. The standard InChI is InChI=1S/C5H9B2NS/c1-2-3-4(6)5(7)8-9-3/h2,6-7H2,1H3. The highest BCUT2D eigenvalue weighted by molar-refractivity contribution is 7.07. The van der Waals surface area contributed by atoms with E-state index in [9.17, 15) is 0 Å². The molecular formula is C5H9B2NS. The Morgan fingerprint density at radius 3 is 2.44 bits per heavy atom. The van der Waals surface area contributed by atoms with Crippen LogP contribution in [-0.2, 0) is 6.42 Å². The zero-order valence-corrected chi connectivity index (χ0v) is 6.88. The third kappa shape index (κ3) is 1.18. The summed E-state index contributed by atoms with van der Waals surface area (Å²) in [7, 11) is 4.20. The average molecular weight is 137 g/mol. The van der Waals surface area contributed by atoms with Gasteiger partial charge in [0.2, 0.25) is 0 Å². The minimum Gasteiger partial charge on any atom is -0.209 e. The van der Waals surface area contributed by atoms with E-state index >= 15 is 0 Å². The third-order valence-corrected chi connectivity index (χ3v) is 2.76. The quantitative estimate of drug-likeness (QED) is 0.417. The molecule has 0 radical (unpaired) electrons. The molecule has 0 atom stereocenters. The summed E-state index contributed by atoms with van der Waals surface area (Å²) in [6, 6.07) is 0. The zero-order valence-electron chi connectivity index (χ0n) is 6.06. The Morgan fingerprint density at radius 1 is 1.56 bits per heavy atom. The number of rotatable bonds is 1. The van der Waals surface area contributed by atoms with Crippen LogP contribution in [-0.4, -0.2) is 20.1 Å². The number of aryl methyl sites for hydroxylation is 1. The lowest BCUT2D eigenvalue weighted by atomic mass is 9.85. The van der Waals surface area contributed by atoms with Crippen molar-refractivity contribution in [1.29, 1.82) is 0 Å². The molecule has 46 valence electrons. The molecule has 0 N–H and O–H groups in total. The van der Waals surface area contributed by atoms with Crippen molar-refractivity contribution in [2.75, 3.05) is 0 Å². The maximum absolute atomic E-state index is 4.23. The van der Waals surface area contributed by atoms with Crippen LogP contribution in [0.25, 0.3) is 0 Å². The number of nitrogens with zero attached hydrogens (tertiary/aromatic N) is 1. The average Bonchev–Trinajstić information content (AvgIpc) is 2.15. The van der Waals surface area contributed by atoms with Crippen molar-refractivity contribution in [3.8, 4) is 0 Å². The Morgan fingerprint density at radius 2 is 2.22 bits per heavy atom. The van der Waals surface area contributed by atoms with E-state index in [4.69, 9.17) is 0 Å². The monoisotopic (exact) mass is 137 g/mol. The molecule has 1 nitrogen and oxygen atoms in total. The molecule has 0 aliphatic carbocycles. The van der Waals surface area contributed by atoms with Crippen LogP contribution in [0.2, 0.25) is 0 Å². The van der Waals surface area contributed by atoms with E-state index in [1.807, 2.05) is 0 Å². The smallest absolute Gasteiger partial charge is 0.164 e. The highest BCUT2D eigenvalue weighted by Gasteiger charge is 2.00. The predicted octanol–water partition coefficient (Wildman–Crippen LogP) is -1.78. The normalized spacial score (nSPS) is 9.89. The summed E-state index contributed by atoms with van der Waals surface area (Å²) in [5, 5.41) is 0. The number of aromatic nitrogens is 1. The van der Waals surface area contributed by atoms with Gasteiger partial charge in [0.05, 0.1) is 0 Å². The van der Waals surface area contributed by atoms with Gasteiger partial charge < -0.3 is 0 Å². The SMILES string of the molecule is Bc1nsc(CC)c1B. The van der Waals surface area contributed by atoms with E-state index in [2.05, 4.69) is 27.0 Å². The van der Waals surface area contributed by atoms with E-state index in [1.165, 1.54) is 15.9 Å².